The maximum atomic E-state index is 13.1. The third-order valence-corrected chi connectivity index (χ3v) is 4.36. The zero-order valence-corrected chi connectivity index (χ0v) is 16.2. The van der Waals surface area contributed by atoms with E-state index >= 15 is 0 Å². The van der Waals surface area contributed by atoms with Gasteiger partial charge >= 0.3 is 0 Å². The number of hydrogen-bond acceptors (Lipinski definition) is 7. The summed E-state index contributed by atoms with van der Waals surface area (Å²) >= 11 is 0. The Bertz CT molecular complexity index is 1180. The zero-order chi connectivity index (χ0) is 20.9. The molecule has 7 nitrogen and oxygen atoms in total. The molecule has 0 bridgehead atoms. The highest BCUT2D eigenvalue weighted by Gasteiger charge is 2.13. The van der Waals surface area contributed by atoms with Gasteiger partial charge in [-0.05, 0) is 24.6 Å². The normalized spacial score (nSPS) is 10.7. The van der Waals surface area contributed by atoms with Crippen LogP contribution in [-0.2, 0) is 6.54 Å². The summed E-state index contributed by atoms with van der Waals surface area (Å²) in [7, 11) is 0. The van der Waals surface area contributed by atoms with E-state index in [9.17, 15) is 9.18 Å². The summed E-state index contributed by atoms with van der Waals surface area (Å²) in [5.41, 5.74) is 3.75. The van der Waals surface area contributed by atoms with E-state index in [4.69, 9.17) is 4.74 Å². The average Bonchev–Trinajstić information content (AvgIpc) is 2.79. The SMILES string of the molecule is CCOc1nc(NCc2ccc(F)cc2)nc2ncc(-c3ccc(C=O)cc3)nc12. The van der Waals surface area contributed by atoms with Crippen LogP contribution in [0.4, 0.5) is 10.3 Å². The molecule has 0 aliphatic carbocycles. The number of benzene rings is 2. The standard InChI is InChI=1S/C22H18FN5O2/c1-2-30-21-19-20(24-12-18(26-19)16-7-3-15(13-29)4-8-16)27-22(28-21)25-11-14-5-9-17(23)10-6-14/h3-10,12-13H,2,11H2,1H3,(H,24,25,27,28). The number of carbonyl (C=O) groups excluding carboxylic acids is 1. The number of aromatic nitrogens is 4. The second-order valence-corrected chi connectivity index (χ2v) is 6.43. The van der Waals surface area contributed by atoms with Gasteiger partial charge in [0.15, 0.2) is 11.2 Å². The summed E-state index contributed by atoms with van der Waals surface area (Å²) in [5, 5.41) is 3.10. The molecule has 0 amide bonds. The van der Waals surface area contributed by atoms with Gasteiger partial charge < -0.3 is 10.1 Å². The first-order chi connectivity index (χ1) is 14.7. The molecule has 0 aliphatic heterocycles. The van der Waals surface area contributed by atoms with Crippen LogP contribution in [0.2, 0.25) is 0 Å². The molecule has 0 fully saturated rings. The molecule has 0 spiro atoms. The molecule has 0 aliphatic rings. The Balaban J connectivity index is 1.65. The van der Waals surface area contributed by atoms with Gasteiger partial charge in [0.05, 0.1) is 18.5 Å². The Morgan fingerprint density at radius 1 is 1.03 bits per heavy atom. The molecule has 2 aromatic carbocycles. The highest BCUT2D eigenvalue weighted by Crippen LogP contribution is 2.25. The van der Waals surface area contributed by atoms with Gasteiger partial charge in [-0.25, -0.2) is 14.4 Å². The molecule has 0 unspecified atom stereocenters. The number of nitrogens with one attached hydrogen (secondary N) is 1. The summed E-state index contributed by atoms with van der Waals surface area (Å²) in [5.74, 6) is 0.377. The fourth-order valence-electron chi connectivity index (χ4n) is 2.85. The fourth-order valence-corrected chi connectivity index (χ4v) is 2.85. The molecule has 0 saturated carbocycles. The number of carbonyl (C=O) groups is 1. The van der Waals surface area contributed by atoms with Gasteiger partial charge in [0.25, 0.3) is 0 Å². The molecule has 30 heavy (non-hydrogen) atoms. The summed E-state index contributed by atoms with van der Waals surface area (Å²) in [6.45, 7) is 2.68. The Kier molecular flexibility index (Phi) is 5.56. The van der Waals surface area contributed by atoms with Crippen LogP contribution < -0.4 is 10.1 Å². The Labute approximate surface area is 172 Å². The topological polar surface area (TPSA) is 89.9 Å². The predicted molar refractivity (Wildman–Crippen MR) is 111 cm³/mol. The molecule has 0 radical (unpaired) electrons. The smallest absolute Gasteiger partial charge is 0.247 e. The van der Waals surface area contributed by atoms with Crippen LogP contribution in [-0.4, -0.2) is 32.8 Å². The van der Waals surface area contributed by atoms with Gasteiger partial charge in [0, 0.05) is 17.7 Å². The van der Waals surface area contributed by atoms with Crippen LogP contribution in [0.15, 0.2) is 54.7 Å². The number of hydrogen-bond donors (Lipinski definition) is 1. The second-order valence-electron chi connectivity index (χ2n) is 6.43. The summed E-state index contributed by atoms with van der Waals surface area (Å²) in [6.07, 6.45) is 2.40. The van der Waals surface area contributed by atoms with Crippen LogP contribution in [0.1, 0.15) is 22.8 Å². The lowest BCUT2D eigenvalue weighted by atomic mass is 10.1. The van der Waals surface area contributed by atoms with Crippen LogP contribution in [0, 0.1) is 5.82 Å². The van der Waals surface area contributed by atoms with Crippen molar-refractivity contribution in [1.29, 1.82) is 0 Å². The van der Waals surface area contributed by atoms with Gasteiger partial charge in [-0.3, -0.25) is 4.79 Å². The van der Waals surface area contributed by atoms with Crippen LogP contribution in [0.5, 0.6) is 5.88 Å². The van der Waals surface area contributed by atoms with Gasteiger partial charge in [-0.1, -0.05) is 36.4 Å². The van der Waals surface area contributed by atoms with Crippen molar-refractivity contribution < 1.29 is 13.9 Å². The van der Waals surface area contributed by atoms with E-state index in [1.807, 2.05) is 6.92 Å². The Hall–Kier alpha value is -3.94. The molecule has 2 heterocycles. The van der Waals surface area contributed by atoms with E-state index in [2.05, 4.69) is 25.3 Å². The van der Waals surface area contributed by atoms with E-state index < -0.39 is 0 Å². The van der Waals surface area contributed by atoms with Crippen molar-refractivity contribution in [1.82, 2.24) is 19.9 Å². The number of ether oxygens (including phenoxy) is 1. The maximum Gasteiger partial charge on any atom is 0.247 e. The van der Waals surface area contributed by atoms with Crippen molar-refractivity contribution in [2.24, 2.45) is 0 Å². The van der Waals surface area contributed by atoms with Crippen molar-refractivity contribution in [2.45, 2.75) is 13.5 Å². The third-order valence-electron chi connectivity index (χ3n) is 4.36. The third kappa shape index (κ3) is 4.22. The Morgan fingerprint density at radius 3 is 2.50 bits per heavy atom. The van der Waals surface area contributed by atoms with Gasteiger partial charge in [-0.15, -0.1) is 0 Å². The van der Waals surface area contributed by atoms with Crippen molar-refractivity contribution >= 4 is 23.4 Å². The first kappa shape index (κ1) is 19.4. The molecule has 0 saturated heterocycles. The van der Waals surface area contributed by atoms with E-state index in [-0.39, 0.29) is 5.82 Å². The quantitative estimate of drug-likeness (QED) is 0.466. The zero-order valence-electron chi connectivity index (χ0n) is 16.2. The minimum atomic E-state index is -0.286. The number of anilines is 1. The number of fused-ring (bicyclic) bond motifs is 1. The lowest BCUT2D eigenvalue weighted by molar-refractivity contribution is 0.112. The molecule has 4 aromatic rings. The number of halogens is 1. The first-order valence-electron chi connectivity index (χ1n) is 9.38. The van der Waals surface area contributed by atoms with Crippen molar-refractivity contribution in [3.05, 3.63) is 71.7 Å². The van der Waals surface area contributed by atoms with Crippen molar-refractivity contribution in [3.63, 3.8) is 0 Å². The van der Waals surface area contributed by atoms with E-state index in [0.29, 0.717) is 47.4 Å². The molecular formula is C22H18FN5O2. The second kappa shape index (κ2) is 8.60. The number of rotatable bonds is 7. The molecule has 2 aromatic heterocycles. The summed E-state index contributed by atoms with van der Waals surface area (Å²) < 4.78 is 18.7. The fraction of sp³-hybridized carbons (Fsp3) is 0.136. The van der Waals surface area contributed by atoms with Gasteiger partial charge in [0.2, 0.25) is 11.8 Å². The highest BCUT2D eigenvalue weighted by molar-refractivity contribution is 5.80. The van der Waals surface area contributed by atoms with E-state index in [0.717, 1.165) is 17.4 Å². The molecule has 0 atom stereocenters. The van der Waals surface area contributed by atoms with Crippen LogP contribution >= 0.6 is 0 Å². The predicted octanol–water partition coefficient (Wildman–Crippen LogP) is 4.05. The monoisotopic (exact) mass is 403 g/mol. The lowest BCUT2D eigenvalue weighted by Gasteiger charge is -2.10. The lowest BCUT2D eigenvalue weighted by Crippen LogP contribution is -2.07. The van der Waals surface area contributed by atoms with Gasteiger partial charge in [0.1, 0.15) is 12.1 Å². The summed E-state index contributed by atoms with van der Waals surface area (Å²) in [6, 6.07) is 13.2. The maximum absolute atomic E-state index is 13.1. The largest absolute Gasteiger partial charge is 0.476 e. The summed E-state index contributed by atoms with van der Waals surface area (Å²) in [4.78, 5) is 28.7. The minimum absolute atomic E-state index is 0.286. The number of nitrogens with zero attached hydrogens (tertiary/aromatic N) is 4. The molecule has 4 rings (SSSR count). The van der Waals surface area contributed by atoms with E-state index in [1.54, 1.807) is 42.6 Å². The average molecular weight is 403 g/mol. The molecule has 8 heteroatoms. The molecule has 1 N–H and O–H groups in total. The highest BCUT2D eigenvalue weighted by atomic mass is 19.1. The van der Waals surface area contributed by atoms with Gasteiger partial charge in [-0.2, -0.15) is 9.97 Å². The van der Waals surface area contributed by atoms with Crippen LogP contribution in [0.25, 0.3) is 22.4 Å². The van der Waals surface area contributed by atoms with Crippen molar-refractivity contribution in [3.8, 4) is 17.1 Å². The van der Waals surface area contributed by atoms with Crippen molar-refractivity contribution in [2.75, 3.05) is 11.9 Å². The van der Waals surface area contributed by atoms with E-state index in [1.165, 1.54) is 12.1 Å². The van der Waals surface area contributed by atoms with Crippen LogP contribution in [0.3, 0.4) is 0 Å². The first-order valence-corrected chi connectivity index (χ1v) is 9.38. The number of aldehydes is 1. The minimum Gasteiger partial charge on any atom is -0.476 e. The molecular weight excluding hydrogens is 385 g/mol. The Morgan fingerprint density at radius 2 is 1.80 bits per heavy atom. The molecule has 150 valence electrons.